The van der Waals surface area contributed by atoms with Gasteiger partial charge in [0.1, 0.15) is 7.05 Å². The maximum Gasteiger partial charge on any atom is 0.240 e. The van der Waals surface area contributed by atoms with Crippen molar-refractivity contribution in [3.63, 3.8) is 0 Å². The molecule has 1 aromatic heterocycles. The van der Waals surface area contributed by atoms with Crippen LogP contribution in [-0.2, 0) is 11.8 Å². The zero-order valence-electron chi connectivity index (χ0n) is 13.9. The van der Waals surface area contributed by atoms with Crippen molar-refractivity contribution in [2.45, 2.75) is 44.9 Å². The molecule has 1 N–H and O–H groups in total. The zero-order chi connectivity index (χ0) is 15.9. The predicted molar refractivity (Wildman–Crippen MR) is 88.6 cm³/mol. The van der Waals surface area contributed by atoms with E-state index in [4.69, 9.17) is 0 Å². The molecule has 0 aliphatic heterocycles. The summed E-state index contributed by atoms with van der Waals surface area (Å²) in [5.74, 6) is 2.76. The van der Waals surface area contributed by atoms with Gasteiger partial charge < -0.3 is 0 Å². The standard InChI is InChI=1S/C19H25N3O/c1-22-4-2-3-14(13-22)12-20-21-18(23)11-19-8-15-5-16(9-19)7-17(6-15)10-19/h2-4,12-13,15-17H,5-11H2,1H3/p+1/b20-12-. The van der Waals surface area contributed by atoms with Gasteiger partial charge in [-0.25, -0.2) is 9.99 Å². The molecule has 4 nitrogen and oxygen atoms in total. The monoisotopic (exact) mass is 312 g/mol. The van der Waals surface area contributed by atoms with Crippen LogP contribution in [0.4, 0.5) is 0 Å². The van der Waals surface area contributed by atoms with Gasteiger partial charge >= 0.3 is 0 Å². The van der Waals surface area contributed by atoms with Crippen LogP contribution in [0.15, 0.2) is 29.6 Å². The number of hydrogen-bond acceptors (Lipinski definition) is 2. The average Bonchev–Trinajstić information content (AvgIpc) is 2.45. The molecule has 1 amide bonds. The Morgan fingerprint density at radius 1 is 1.30 bits per heavy atom. The van der Waals surface area contributed by atoms with Crippen molar-refractivity contribution >= 4 is 12.1 Å². The molecule has 0 unspecified atom stereocenters. The minimum absolute atomic E-state index is 0.0866. The van der Waals surface area contributed by atoms with E-state index >= 15 is 0 Å². The summed E-state index contributed by atoms with van der Waals surface area (Å²) in [7, 11) is 1.98. The van der Waals surface area contributed by atoms with Gasteiger partial charge in [-0.3, -0.25) is 4.79 Å². The summed E-state index contributed by atoms with van der Waals surface area (Å²) < 4.78 is 1.97. The molecule has 122 valence electrons. The molecule has 4 aliphatic carbocycles. The number of amides is 1. The topological polar surface area (TPSA) is 45.3 Å². The Kier molecular flexibility index (Phi) is 3.70. The molecule has 4 aliphatic rings. The molecule has 0 saturated heterocycles. The largest absolute Gasteiger partial charge is 0.273 e. The summed E-state index contributed by atoms with van der Waals surface area (Å²) in [6.45, 7) is 0. The zero-order valence-corrected chi connectivity index (χ0v) is 13.9. The highest BCUT2D eigenvalue weighted by Gasteiger charge is 2.51. The van der Waals surface area contributed by atoms with Gasteiger partial charge in [0.2, 0.25) is 5.91 Å². The lowest BCUT2D eigenvalue weighted by molar-refractivity contribution is -0.671. The molecular weight excluding hydrogens is 286 g/mol. The molecule has 4 fully saturated rings. The minimum atomic E-state index is 0.0866. The van der Waals surface area contributed by atoms with Gasteiger partial charge in [-0.15, -0.1) is 0 Å². The quantitative estimate of drug-likeness (QED) is 0.518. The maximum absolute atomic E-state index is 12.4. The Morgan fingerprint density at radius 2 is 1.96 bits per heavy atom. The Hall–Kier alpha value is -1.71. The number of aryl methyl sites for hydroxylation is 1. The van der Waals surface area contributed by atoms with Gasteiger partial charge in [0.15, 0.2) is 12.4 Å². The van der Waals surface area contributed by atoms with Crippen LogP contribution in [-0.4, -0.2) is 12.1 Å². The highest BCUT2D eigenvalue weighted by molar-refractivity contribution is 5.82. The lowest BCUT2D eigenvalue weighted by Gasteiger charge is -2.56. The van der Waals surface area contributed by atoms with Crippen molar-refractivity contribution in [2.75, 3.05) is 0 Å². The minimum Gasteiger partial charge on any atom is -0.273 e. The molecule has 23 heavy (non-hydrogen) atoms. The number of rotatable bonds is 4. The van der Waals surface area contributed by atoms with Crippen LogP contribution in [0.5, 0.6) is 0 Å². The summed E-state index contributed by atoms with van der Waals surface area (Å²) in [5, 5.41) is 4.14. The molecule has 4 heteroatoms. The average molecular weight is 312 g/mol. The van der Waals surface area contributed by atoms with E-state index < -0.39 is 0 Å². The lowest BCUT2D eigenvalue weighted by Crippen LogP contribution is -2.47. The van der Waals surface area contributed by atoms with Gasteiger partial charge in [-0.05, 0) is 67.8 Å². The first kappa shape index (κ1) is 14.9. The number of hydrazone groups is 1. The summed E-state index contributed by atoms with van der Waals surface area (Å²) in [5.41, 5.74) is 4.02. The van der Waals surface area contributed by atoms with Gasteiger partial charge in [0, 0.05) is 12.5 Å². The summed E-state index contributed by atoms with van der Waals surface area (Å²) >= 11 is 0. The Balaban J connectivity index is 1.35. The fourth-order valence-electron chi connectivity index (χ4n) is 5.75. The molecule has 1 heterocycles. The number of nitrogens with zero attached hydrogens (tertiary/aromatic N) is 2. The smallest absolute Gasteiger partial charge is 0.240 e. The second-order valence-corrected chi connectivity index (χ2v) is 8.19. The SMILES string of the molecule is C[n+]1cccc(/C=N\NC(=O)CC23CC4CC(CC(C4)C2)C3)c1. The fraction of sp³-hybridized carbons (Fsp3) is 0.632. The molecule has 0 radical (unpaired) electrons. The van der Waals surface area contributed by atoms with Crippen molar-refractivity contribution < 1.29 is 9.36 Å². The van der Waals surface area contributed by atoms with E-state index in [1.165, 1.54) is 38.5 Å². The predicted octanol–water partition coefficient (Wildman–Crippen LogP) is 2.57. The van der Waals surface area contributed by atoms with Crippen LogP contribution < -0.4 is 9.99 Å². The van der Waals surface area contributed by atoms with E-state index in [2.05, 4.69) is 10.5 Å². The normalized spacial score (nSPS) is 34.9. The third kappa shape index (κ3) is 3.17. The van der Waals surface area contributed by atoms with Gasteiger partial charge in [-0.1, -0.05) is 0 Å². The third-order valence-corrected chi connectivity index (χ3v) is 6.07. The number of aromatic nitrogens is 1. The van der Waals surface area contributed by atoms with E-state index in [1.54, 1.807) is 6.21 Å². The third-order valence-electron chi connectivity index (χ3n) is 6.07. The van der Waals surface area contributed by atoms with Crippen LogP contribution in [0.2, 0.25) is 0 Å². The van der Waals surface area contributed by atoms with Crippen LogP contribution in [0.3, 0.4) is 0 Å². The Bertz CT molecular complexity index is 602. The molecule has 0 aromatic carbocycles. The first-order chi connectivity index (χ1) is 11.1. The lowest BCUT2D eigenvalue weighted by atomic mass is 9.49. The summed E-state index contributed by atoms with van der Waals surface area (Å²) in [6, 6.07) is 3.95. The second kappa shape index (κ2) is 5.73. The number of nitrogens with one attached hydrogen (secondary N) is 1. The molecule has 4 bridgehead atoms. The van der Waals surface area contributed by atoms with E-state index in [-0.39, 0.29) is 11.3 Å². The summed E-state index contributed by atoms with van der Waals surface area (Å²) in [6.07, 6.45) is 14.4. The molecule has 4 saturated carbocycles. The van der Waals surface area contributed by atoms with Gasteiger partial charge in [0.25, 0.3) is 0 Å². The van der Waals surface area contributed by atoms with Crippen LogP contribution in [0, 0.1) is 23.2 Å². The van der Waals surface area contributed by atoms with Crippen molar-refractivity contribution in [3.05, 3.63) is 30.1 Å². The van der Waals surface area contributed by atoms with Crippen LogP contribution in [0.25, 0.3) is 0 Å². The number of carbonyl (C=O) groups is 1. The molecule has 0 atom stereocenters. The highest BCUT2D eigenvalue weighted by atomic mass is 16.2. The van der Waals surface area contributed by atoms with Crippen molar-refractivity contribution in [3.8, 4) is 0 Å². The second-order valence-electron chi connectivity index (χ2n) is 8.19. The van der Waals surface area contributed by atoms with Crippen molar-refractivity contribution in [1.29, 1.82) is 0 Å². The van der Waals surface area contributed by atoms with Crippen LogP contribution in [0.1, 0.15) is 50.5 Å². The number of pyridine rings is 1. The van der Waals surface area contributed by atoms with Crippen molar-refractivity contribution in [1.82, 2.24) is 5.43 Å². The van der Waals surface area contributed by atoms with E-state index in [0.29, 0.717) is 6.42 Å². The molecule has 5 rings (SSSR count). The van der Waals surface area contributed by atoms with Crippen LogP contribution >= 0.6 is 0 Å². The fourth-order valence-corrected chi connectivity index (χ4v) is 5.75. The number of carbonyl (C=O) groups excluding carboxylic acids is 1. The van der Waals surface area contributed by atoms with E-state index in [0.717, 1.165) is 23.3 Å². The van der Waals surface area contributed by atoms with Crippen molar-refractivity contribution in [2.24, 2.45) is 35.3 Å². The van der Waals surface area contributed by atoms with E-state index in [9.17, 15) is 4.79 Å². The van der Waals surface area contributed by atoms with Gasteiger partial charge in [0.05, 0.1) is 11.8 Å². The highest BCUT2D eigenvalue weighted by Crippen LogP contribution is 2.61. The Labute approximate surface area is 138 Å². The van der Waals surface area contributed by atoms with E-state index in [1.807, 2.05) is 36.1 Å². The Morgan fingerprint density at radius 3 is 2.57 bits per heavy atom. The molecular formula is C19H26N3O+. The first-order valence-corrected chi connectivity index (χ1v) is 8.87. The molecule has 1 aromatic rings. The maximum atomic E-state index is 12.4. The first-order valence-electron chi connectivity index (χ1n) is 8.87. The van der Waals surface area contributed by atoms with Gasteiger partial charge in [-0.2, -0.15) is 5.10 Å². The molecule has 0 spiro atoms. The number of hydrogen-bond donors (Lipinski definition) is 1. The summed E-state index contributed by atoms with van der Waals surface area (Å²) in [4.78, 5) is 12.4.